The second-order valence-corrected chi connectivity index (χ2v) is 4.44. The van der Waals surface area contributed by atoms with Crippen LogP contribution in [0.15, 0.2) is 53.0 Å². The summed E-state index contributed by atoms with van der Waals surface area (Å²) in [7, 11) is 0. The standard InChI is InChI=1S/C14H12BrFO2/c15-13-7-6-12(10-14(13)16)18-9-8-17-11-4-2-1-3-5-11/h1-7,10H,8-9H2. The van der Waals surface area contributed by atoms with Crippen molar-refractivity contribution >= 4 is 15.9 Å². The largest absolute Gasteiger partial charge is 0.490 e. The highest BCUT2D eigenvalue weighted by Crippen LogP contribution is 2.20. The van der Waals surface area contributed by atoms with Gasteiger partial charge in [0, 0.05) is 6.07 Å². The lowest BCUT2D eigenvalue weighted by Gasteiger charge is -2.08. The monoisotopic (exact) mass is 310 g/mol. The third-order valence-electron chi connectivity index (χ3n) is 2.26. The average molecular weight is 311 g/mol. The van der Waals surface area contributed by atoms with E-state index < -0.39 is 0 Å². The van der Waals surface area contributed by atoms with Crippen molar-refractivity contribution in [2.75, 3.05) is 13.2 Å². The molecule has 0 aliphatic heterocycles. The molecule has 0 heterocycles. The summed E-state index contributed by atoms with van der Waals surface area (Å²) in [6.07, 6.45) is 0. The number of hydrogen-bond acceptors (Lipinski definition) is 2. The highest BCUT2D eigenvalue weighted by molar-refractivity contribution is 9.10. The van der Waals surface area contributed by atoms with Gasteiger partial charge in [-0.2, -0.15) is 0 Å². The van der Waals surface area contributed by atoms with Crippen molar-refractivity contribution in [3.63, 3.8) is 0 Å². The predicted octanol–water partition coefficient (Wildman–Crippen LogP) is 4.05. The van der Waals surface area contributed by atoms with Gasteiger partial charge in [-0.15, -0.1) is 0 Å². The number of para-hydroxylation sites is 1. The van der Waals surface area contributed by atoms with E-state index in [0.717, 1.165) is 5.75 Å². The van der Waals surface area contributed by atoms with Gasteiger partial charge in [-0.05, 0) is 40.2 Å². The minimum Gasteiger partial charge on any atom is -0.490 e. The van der Waals surface area contributed by atoms with Crippen LogP contribution in [0.5, 0.6) is 11.5 Å². The van der Waals surface area contributed by atoms with E-state index in [1.807, 2.05) is 30.3 Å². The summed E-state index contributed by atoms with van der Waals surface area (Å²) in [6.45, 7) is 0.789. The Hall–Kier alpha value is -1.55. The molecule has 0 aliphatic carbocycles. The second kappa shape index (κ2) is 6.40. The molecule has 2 aromatic rings. The fourth-order valence-electron chi connectivity index (χ4n) is 1.40. The second-order valence-electron chi connectivity index (χ2n) is 3.59. The lowest BCUT2D eigenvalue weighted by Crippen LogP contribution is -2.09. The van der Waals surface area contributed by atoms with E-state index >= 15 is 0 Å². The van der Waals surface area contributed by atoms with Gasteiger partial charge in [0.05, 0.1) is 4.47 Å². The Morgan fingerprint density at radius 1 is 0.889 bits per heavy atom. The van der Waals surface area contributed by atoms with Gasteiger partial charge in [0.15, 0.2) is 0 Å². The van der Waals surface area contributed by atoms with Gasteiger partial charge < -0.3 is 9.47 Å². The molecule has 0 fully saturated rings. The summed E-state index contributed by atoms with van der Waals surface area (Å²) in [5.74, 6) is 0.951. The number of rotatable bonds is 5. The summed E-state index contributed by atoms with van der Waals surface area (Å²) in [5, 5.41) is 0. The molecule has 0 radical (unpaired) electrons. The summed E-state index contributed by atoms with van der Waals surface area (Å²) < 4.78 is 24.5. The lowest BCUT2D eigenvalue weighted by atomic mass is 10.3. The van der Waals surface area contributed by atoms with Gasteiger partial charge in [0.1, 0.15) is 30.5 Å². The Morgan fingerprint density at radius 3 is 2.22 bits per heavy atom. The first kappa shape index (κ1) is 12.9. The molecule has 2 aromatic carbocycles. The molecule has 0 aliphatic rings. The molecule has 0 atom stereocenters. The Kier molecular flexibility index (Phi) is 4.59. The SMILES string of the molecule is Fc1cc(OCCOc2ccccc2)ccc1Br. The first-order valence-electron chi connectivity index (χ1n) is 5.51. The van der Waals surface area contributed by atoms with E-state index in [1.165, 1.54) is 6.07 Å². The van der Waals surface area contributed by atoms with Crippen LogP contribution in [0.25, 0.3) is 0 Å². The molecule has 0 N–H and O–H groups in total. The van der Waals surface area contributed by atoms with Crippen molar-refractivity contribution < 1.29 is 13.9 Å². The van der Waals surface area contributed by atoms with Crippen LogP contribution in [0.2, 0.25) is 0 Å². The molecule has 2 nitrogen and oxygen atoms in total. The smallest absolute Gasteiger partial charge is 0.141 e. The van der Waals surface area contributed by atoms with Crippen LogP contribution in [0, 0.1) is 5.82 Å². The summed E-state index contributed by atoms with van der Waals surface area (Å²) in [6, 6.07) is 14.1. The van der Waals surface area contributed by atoms with Gasteiger partial charge in [0.2, 0.25) is 0 Å². The normalized spacial score (nSPS) is 10.1. The van der Waals surface area contributed by atoms with Gasteiger partial charge >= 0.3 is 0 Å². The van der Waals surface area contributed by atoms with E-state index in [0.29, 0.717) is 23.4 Å². The number of benzene rings is 2. The molecule has 0 unspecified atom stereocenters. The highest BCUT2D eigenvalue weighted by Gasteiger charge is 2.01. The fourth-order valence-corrected chi connectivity index (χ4v) is 1.65. The minimum absolute atomic E-state index is 0.337. The van der Waals surface area contributed by atoms with Gasteiger partial charge in [-0.25, -0.2) is 4.39 Å². The zero-order chi connectivity index (χ0) is 12.8. The van der Waals surface area contributed by atoms with Crippen molar-refractivity contribution in [3.05, 3.63) is 58.8 Å². The predicted molar refractivity (Wildman–Crippen MR) is 71.5 cm³/mol. The topological polar surface area (TPSA) is 18.5 Å². The Bertz CT molecular complexity index is 502. The molecule has 18 heavy (non-hydrogen) atoms. The van der Waals surface area contributed by atoms with Crippen LogP contribution in [0.3, 0.4) is 0 Å². The van der Waals surface area contributed by atoms with Crippen LogP contribution in [-0.2, 0) is 0 Å². The van der Waals surface area contributed by atoms with Crippen molar-refractivity contribution in [1.82, 2.24) is 0 Å². The molecular weight excluding hydrogens is 299 g/mol. The van der Waals surface area contributed by atoms with Crippen LogP contribution >= 0.6 is 15.9 Å². The van der Waals surface area contributed by atoms with E-state index in [9.17, 15) is 4.39 Å². The van der Waals surface area contributed by atoms with E-state index in [4.69, 9.17) is 9.47 Å². The highest BCUT2D eigenvalue weighted by atomic mass is 79.9. The van der Waals surface area contributed by atoms with Gasteiger partial charge in [-0.1, -0.05) is 18.2 Å². The maximum atomic E-state index is 13.2. The zero-order valence-electron chi connectivity index (χ0n) is 9.61. The van der Waals surface area contributed by atoms with E-state index in [1.54, 1.807) is 12.1 Å². The molecule has 0 saturated carbocycles. The lowest BCUT2D eigenvalue weighted by molar-refractivity contribution is 0.216. The maximum absolute atomic E-state index is 13.2. The maximum Gasteiger partial charge on any atom is 0.141 e. The third kappa shape index (κ3) is 3.74. The minimum atomic E-state index is -0.337. The molecule has 0 amide bonds. The molecular formula is C14H12BrFO2. The summed E-state index contributed by atoms with van der Waals surface area (Å²) in [4.78, 5) is 0. The van der Waals surface area contributed by atoms with Crippen LogP contribution in [0.4, 0.5) is 4.39 Å². The molecule has 0 bridgehead atoms. The summed E-state index contributed by atoms with van der Waals surface area (Å²) >= 11 is 3.09. The van der Waals surface area contributed by atoms with Crippen molar-refractivity contribution in [2.24, 2.45) is 0 Å². The Morgan fingerprint density at radius 2 is 1.56 bits per heavy atom. The zero-order valence-corrected chi connectivity index (χ0v) is 11.2. The van der Waals surface area contributed by atoms with Crippen LogP contribution < -0.4 is 9.47 Å². The number of ether oxygens (including phenoxy) is 2. The molecule has 94 valence electrons. The molecule has 0 spiro atoms. The number of hydrogen-bond donors (Lipinski definition) is 0. The molecule has 0 saturated heterocycles. The van der Waals surface area contributed by atoms with Crippen LogP contribution in [-0.4, -0.2) is 13.2 Å². The summed E-state index contributed by atoms with van der Waals surface area (Å²) in [5.41, 5.74) is 0. The Balaban J connectivity index is 1.77. The number of halogens is 2. The third-order valence-corrected chi connectivity index (χ3v) is 2.90. The first-order valence-corrected chi connectivity index (χ1v) is 6.31. The molecule has 0 aromatic heterocycles. The van der Waals surface area contributed by atoms with Crippen molar-refractivity contribution in [3.8, 4) is 11.5 Å². The Labute approximate surface area is 113 Å². The average Bonchev–Trinajstić information content (AvgIpc) is 2.40. The van der Waals surface area contributed by atoms with E-state index in [-0.39, 0.29) is 5.82 Å². The van der Waals surface area contributed by atoms with Gasteiger partial charge in [-0.3, -0.25) is 0 Å². The van der Waals surface area contributed by atoms with Gasteiger partial charge in [0.25, 0.3) is 0 Å². The van der Waals surface area contributed by atoms with E-state index in [2.05, 4.69) is 15.9 Å². The van der Waals surface area contributed by atoms with Crippen LogP contribution in [0.1, 0.15) is 0 Å². The molecule has 2 rings (SSSR count). The van der Waals surface area contributed by atoms with Crippen molar-refractivity contribution in [1.29, 1.82) is 0 Å². The quantitative estimate of drug-likeness (QED) is 0.776. The molecule has 4 heteroatoms. The first-order chi connectivity index (χ1) is 8.75. The fraction of sp³-hybridized carbons (Fsp3) is 0.143. The van der Waals surface area contributed by atoms with Crippen molar-refractivity contribution in [2.45, 2.75) is 0 Å².